The highest BCUT2D eigenvalue weighted by Crippen LogP contribution is 2.29. The number of aryl methyl sites for hydroxylation is 1. The van der Waals surface area contributed by atoms with Gasteiger partial charge >= 0.3 is 0 Å². The number of benzene rings is 1. The Morgan fingerprint density at radius 3 is 3.04 bits per heavy atom. The lowest BCUT2D eigenvalue weighted by molar-refractivity contribution is 0.600. The molecule has 0 unspecified atom stereocenters. The summed E-state index contributed by atoms with van der Waals surface area (Å²) >= 11 is 0. The fourth-order valence-corrected chi connectivity index (χ4v) is 3.78. The summed E-state index contributed by atoms with van der Waals surface area (Å²) in [4.78, 5) is 6.17. The van der Waals surface area contributed by atoms with Crippen LogP contribution in [0.1, 0.15) is 12.0 Å². The number of nitrogens with zero attached hydrogens (tertiary/aromatic N) is 5. The van der Waals surface area contributed by atoms with E-state index in [1.165, 1.54) is 10.8 Å². The van der Waals surface area contributed by atoms with Crippen molar-refractivity contribution in [3.8, 4) is 0 Å². The summed E-state index contributed by atoms with van der Waals surface area (Å²) in [6.45, 7) is 0.920. The summed E-state index contributed by atoms with van der Waals surface area (Å²) in [5.41, 5.74) is 2.11. The molecule has 0 amide bonds. The number of fused-ring (bicyclic) bond motifs is 2. The average molecular weight is 333 g/mol. The van der Waals surface area contributed by atoms with Crippen molar-refractivity contribution in [3.63, 3.8) is 0 Å². The number of rotatable bonds is 3. The van der Waals surface area contributed by atoms with Gasteiger partial charge < -0.3 is 4.90 Å². The number of sulfonamides is 1. The predicted octanol–water partition coefficient (Wildman–Crippen LogP) is 0.636. The maximum Gasteiger partial charge on any atom is 0.273 e. The molecular formula is C13H15N7O2S. The second-order valence-electron chi connectivity index (χ2n) is 5.47. The van der Waals surface area contributed by atoms with Crippen molar-refractivity contribution in [2.45, 2.75) is 17.7 Å². The molecule has 0 spiro atoms. The van der Waals surface area contributed by atoms with Gasteiger partial charge in [-0.05, 0) is 30.5 Å². The van der Waals surface area contributed by atoms with Gasteiger partial charge in [-0.1, -0.05) is 6.07 Å². The summed E-state index contributed by atoms with van der Waals surface area (Å²) in [5.74, 6) is 0.372. The van der Waals surface area contributed by atoms with Crippen molar-refractivity contribution in [2.75, 3.05) is 23.2 Å². The quantitative estimate of drug-likeness (QED) is 0.728. The highest BCUT2D eigenvalue weighted by molar-refractivity contribution is 7.92. The Labute approximate surface area is 132 Å². The Hall–Kier alpha value is -2.62. The van der Waals surface area contributed by atoms with E-state index in [0.717, 1.165) is 30.6 Å². The van der Waals surface area contributed by atoms with Crippen molar-refractivity contribution in [3.05, 3.63) is 30.1 Å². The van der Waals surface area contributed by atoms with E-state index in [2.05, 4.69) is 29.9 Å². The van der Waals surface area contributed by atoms with Crippen LogP contribution in [0.25, 0.3) is 5.78 Å². The van der Waals surface area contributed by atoms with Crippen LogP contribution >= 0.6 is 0 Å². The third-order valence-electron chi connectivity index (χ3n) is 3.96. The maximum absolute atomic E-state index is 12.6. The molecule has 23 heavy (non-hydrogen) atoms. The molecule has 3 heterocycles. The van der Waals surface area contributed by atoms with Crippen LogP contribution < -0.4 is 9.62 Å². The second kappa shape index (κ2) is 4.95. The van der Waals surface area contributed by atoms with Gasteiger partial charge in [0.15, 0.2) is 0 Å². The van der Waals surface area contributed by atoms with Gasteiger partial charge in [0.25, 0.3) is 21.7 Å². The molecule has 3 aromatic rings. The Bertz CT molecular complexity index is 975. The summed E-state index contributed by atoms with van der Waals surface area (Å²) in [6, 6.07) is 5.18. The molecule has 1 aliphatic heterocycles. The zero-order chi connectivity index (χ0) is 16.0. The van der Waals surface area contributed by atoms with Crippen LogP contribution in [0.4, 0.5) is 11.6 Å². The number of nitrogens with one attached hydrogen (secondary N) is 2. The number of aromatic nitrogens is 5. The monoisotopic (exact) mass is 333 g/mol. The topological polar surface area (TPSA) is 108 Å². The zero-order valence-corrected chi connectivity index (χ0v) is 13.2. The van der Waals surface area contributed by atoms with Crippen LogP contribution in [0, 0.1) is 0 Å². The smallest absolute Gasteiger partial charge is 0.273 e. The SMILES string of the molecule is CN1CCCc2ccc(S(=O)(=O)Nc3nnc4nc[nH]n34)cc21. The average Bonchev–Trinajstić information content (AvgIpc) is 3.12. The first-order chi connectivity index (χ1) is 11.0. The first kappa shape index (κ1) is 14.0. The molecule has 1 aromatic carbocycles. The minimum absolute atomic E-state index is 0.0728. The summed E-state index contributed by atoms with van der Waals surface area (Å²) in [6.07, 6.45) is 3.45. The fraction of sp³-hybridized carbons (Fsp3) is 0.308. The first-order valence-corrected chi connectivity index (χ1v) is 8.64. The van der Waals surface area contributed by atoms with Crippen LogP contribution in [0.5, 0.6) is 0 Å². The number of hydrogen-bond acceptors (Lipinski definition) is 6. The van der Waals surface area contributed by atoms with E-state index in [-0.39, 0.29) is 10.8 Å². The molecular weight excluding hydrogens is 318 g/mol. The molecule has 2 aromatic heterocycles. The molecule has 0 atom stereocenters. The Balaban J connectivity index is 1.71. The molecule has 9 nitrogen and oxygen atoms in total. The molecule has 1 aliphatic rings. The van der Waals surface area contributed by atoms with Gasteiger partial charge in [-0.2, -0.15) is 9.50 Å². The second-order valence-corrected chi connectivity index (χ2v) is 7.15. The van der Waals surface area contributed by atoms with Crippen LogP contribution in [-0.4, -0.2) is 46.8 Å². The number of hydrogen-bond donors (Lipinski definition) is 2. The Morgan fingerprint density at radius 1 is 1.30 bits per heavy atom. The number of aromatic amines is 1. The van der Waals surface area contributed by atoms with Crippen molar-refractivity contribution >= 4 is 27.4 Å². The summed E-state index contributed by atoms with van der Waals surface area (Å²) < 4.78 is 29.0. The highest BCUT2D eigenvalue weighted by atomic mass is 32.2. The van der Waals surface area contributed by atoms with E-state index in [0.29, 0.717) is 5.78 Å². The third-order valence-corrected chi connectivity index (χ3v) is 5.28. The highest BCUT2D eigenvalue weighted by Gasteiger charge is 2.22. The molecule has 0 bridgehead atoms. The molecule has 0 saturated heterocycles. The van der Waals surface area contributed by atoms with Gasteiger partial charge in [0.2, 0.25) is 0 Å². The first-order valence-electron chi connectivity index (χ1n) is 7.16. The van der Waals surface area contributed by atoms with Crippen molar-refractivity contribution in [1.82, 2.24) is 24.8 Å². The summed E-state index contributed by atoms with van der Waals surface area (Å²) in [7, 11) is -1.79. The molecule has 0 radical (unpaired) electrons. The Morgan fingerprint density at radius 2 is 2.17 bits per heavy atom. The van der Waals surface area contributed by atoms with E-state index in [4.69, 9.17) is 0 Å². The molecule has 120 valence electrons. The van der Waals surface area contributed by atoms with Gasteiger partial charge in [-0.15, -0.1) is 10.2 Å². The van der Waals surface area contributed by atoms with Crippen LogP contribution in [0.3, 0.4) is 0 Å². The van der Waals surface area contributed by atoms with E-state index in [9.17, 15) is 8.42 Å². The van der Waals surface area contributed by atoms with Gasteiger partial charge in [-0.3, -0.25) is 5.10 Å². The largest absolute Gasteiger partial charge is 0.374 e. The standard InChI is InChI=1S/C13H15N7O2S/c1-19-6-2-3-9-4-5-10(7-11(9)19)23(21,22)18-13-17-16-12-14-8-15-20(12)13/h4-5,7-8H,2-3,6H2,1H3,(H,17,18)(H,14,15,16). The summed E-state index contributed by atoms with van der Waals surface area (Å²) in [5, 5.41) is 10.3. The molecule has 2 N–H and O–H groups in total. The van der Waals surface area contributed by atoms with E-state index in [1.807, 2.05) is 13.1 Å². The Kier molecular flexibility index (Phi) is 3.01. The lowest BCUT2D eigenvalue weighted by atomic mass is 10.0. The number of anilines is 2. The van der Waals surface area contributed by atoms with Gasteiger partial charge in [0.05, 0.1) is 4.90 Å². The van der Waals surface area contributed by atoms with E-state index >= 15 is 0 Å². The van der Waals surface area contributed by atoms with Crippen LogP contribution in [0.15, 0.2) is 29.4 Å². The minimum atomic E-state index is -3.76. The molecule has 0 aliphatic carbocycles. The molecule has 0 saturated carbocycles. The van der Waals surface area contributed by atoms with Gasteiger partial charge in [0.1, 0.15) is 6.33 Å². The van der Waals surface area contributed by atoms with Gasteiger partial charge in [0, 0.05) is 19.3 Å². The lowest BCUT2D eigenvalue weighted by Crippen LogP contribution is -2.25. The fourth-order valence-electron chi connectivity index (χ4n) is 2.77. The predicted molar refractivity (Wildman–Crippen MR) is 84.0 cm³/mol. The maximum atomic E-state index is 12.6. The molecule has 4 rings (SSSR count). The van der Waals surface area contributed by atoms with Crippen molar-refractivity contribution in [2.24, 2.45) is 0 Å². The molecule has 10 heteroatoms. The van der Waals surface area contributed by atoms with E-state index in [1.54, 1.807) is 12.1 Å². The van der Waals surface area contributed by atoms with Gasteiger partial charge in [-0.25, -0.2) is 13.1 Å². The number of H-pyrrole nitrogens is 1. The van der Waals surface area contributed by atoms with Crippen LogP contribution in [-0.2, 0) is 16.4 Å². The van der Waals surface area contributed by atoms with Crippen LogP contribution in [0.2, 0.25) is 0 Å². The minimum Gasteiger partial charge on any atom is -0.374 e. The zero-order valence-electron chi connectivity index (χ0n) is 12.4. The molecule has 0 fully saturated rings. The van der Waals surface area contributed by atoms with E-state index < -0.39 is 10.0 Å². The van der Waals surface area contributed by atoms with Crippen molar-refractivity contribution < 1.29 is 8.42 Å². The van der Waals surface area contributed by atoms with Crippen molar-refractivity contribution in [1.29, 1.82) is 0 Å². The lowest BCUT2D eigenvalue weighted by Gasteiger charge is -2.27. The third kappa shape index (κ3) is 2.31. The normalized spacial score (nSPS) is 14.9.